The molecule has 0 aliphatic heterocycles. The molecule has 1 heterocycles. The van der Waals surface area contributed by atoms with Gasteiger partial charge < -0.3 is 10.1 Å². The van der Waals surface area contributed by atoms with Gasteiger partial charge in [0.1, 0.15) is 0 Å². The van der Waals surface area contributed by atoms with Crippen LogP contribution in [0.4, 0.5) is 0 Å². The molecule has 0 saturated heterocycles. The van der Waals surface area contributed by atoms with Crippen LogP contribution in [0.15, 0.2) is 42.7 Å². The number of para-hydroxylation sites is 1. The Kier molecular flexibility index (Phi) is 5.77. The number of hydrogen-bond acceptors (Lipinski definition) is 3. The van der Waals surface area contributed by atoms with Gasteiger partial charge in [-0.1, -0.05) is 32.0 Å². The van der Waals surface area contributed by atoms with Crippen molar-refractivity contribution in [2.24, 2.45) is 5.92 Å². The van der Waals surface area contributed by atoms with E-state index in [0.29, 0.717) is 5.92 Å². The van der Waals surface area contributed by atoms with E-state index in [0.717, 1.165) is 32.0 Å². The zero-order valence-corrected chi connectivity index (χ0v) is 12.2. The number of hydrogen-bond donors (Lipinski definition) is 1. The summed E-state index contributed by atoms with van der Waals surface area (Å²) in [5, 5.41) is 7.73. The highest BCUT2D eigenvalue weighted by atomic mass is 16.5. The maximum atomic E-state index is 5.52. The number of aromatic nitrogens is 2. The first-order valence-corrected chi connectivity index (χ1v) is 7.13. The normalized spacial score (nSPS) is 11.2. The molecule has 4 heteroatoms. The first kappa shape index (κ1) is 14.8. The maximum absolute atomic E-state index is 5.52. The van der Waals surface area contributed by atoms with Crippen molar-refractivity contribution in [2.45, 2.75) is 20.4 Å². The number of rotatable bonds is 8. The lowest BCUT2D eigenvalue weighted by atomic mass is 10.2. The summed E-state index contributed by atoms with van der Waals surface area (Å²) in [5.74, 6) is 0.596. The van der Waals surface area contributed by atoms with Gasteiger partial charge in [0.05, 0.1) is 18.5 Å². The summed E-state index contributed by atoms with van der Waals surface area (Å²) in [7, 11) is 0. The molecule has 20 heavy (non-hydrogen) atoms. The van der Waals surface area contributed by atoms with E-state index in [1.54, 1.807) is 0 Å². The standard InChI is InChI=1S/C16H23N3O/c1-14(2)13-20-9-8-17-10-15-11-18-19(12-15)16-6-4-3-5-7-16/h3-7,11-12,14,17H,8-10,13H2,1-2H3. The lowest BCUT2D eigenvalue weighted by molar-refractivity contribution is 0.111. The highest BCUT2D eigenvalue weighted by molar-refractivity contribution is 5.30. The Balaban J connectivity index is 1.71. The molecule has 2 rings (SSSR count). The van der Waals surface area contributed by atoms with Crippen molar-refractivity contribution in [2.75, 3.05) is 19.8 Å². The number of benzene rings is 1. The third-order valence-corrected chi connectivity index (χ3v) is 2.86. The van der Waals surface area contributed by atoms with Gasteiger partial charge >= 0.3 is 0 Å². The second-order valence-electron chi connectivity index (χ2n) is 5.27. The Morgan fingerprint density at radius 3 is 2.80 bits per heavy atom. The predicted molar refractivity (Wildman–Crippen MR) is 80.9 cm³/mol. The molecule has 2 aromatic rings. The minimum atomic E-state index is 0.596. The highest BCUT2D eigenvalue weighted by Gasteiger charge is 2.00. The van der Waals surface area contributed by atoms with E-state index in [1.165, 1.54) is 5.56 Å². The Hall–Kier alpha value is -1.65. The first-order valence-electron chi connectivity index (χ1n) is 7.13. The van der Waals surface area contributed by atoms with Crippen molar-refractivity contribution in [1.29, 1.82) is 0 Å². The molecule has 0 amide bonds. The van der Waals surface area contributed by atoms with E-state index in [1.807, 2.05) is 41.2 Å². The lowest BCUT2D eigenvalue weighted by Crippen LogP contribution is -2.20. The molecule has 0 aliphatic carbocycles. The van der Waals surface area contributed by atoms with Gasteiger partial charge in [0, 0.05) is 31.5 Å². The van der Waals surface area contributed by atoms with E-state index in [9.17, 15) is 0 Å². The number of nitrogens with zero attached hydrogens (tertiary/aromatic N) is 2. The molecule has 0 unspecified atom stereocenters. The molecule has 0 aliphatic rings. The lowest BCUT2D eigenvalue weighted by Gasteiger charge is -2.07. The fourth-order valence-electron chi connectivity index (χ4n) is 1.87. The zero-order chi connectivity index (χ0) is 14.2. The van der Waals surface area contributed by atoms with Gasteiger partial charge in [-0.2, -0.15) is 5.10 Å². The van der Waals surface area contributed by atoms with E-state index in [-0.39, 0.29) is 0 Å². The van der Waals surface area contributed by atoms with Crippen LogP contribution in [0.1, 0.15) is 19.4 Å². The van der Waals surface area contributed by atoms with Gasteiger partial charge in [0.2, 0.25) is 0 Å². The molecule has 0 fully saturated rings. The number of nitrogens with one attached hydrogen (secondary N) is 1. The summed E-state index contributed by atoms with van der Waals surface area (Å²) < 4.78 is 7.42. The van der Waals surface area contributed by atoms with Gasteiger partial charge in [0.25, 0.3) is 0 Å². The Morgan fingerprint density at radius 1 is 1.25 bits per heavy atom. The Labute approximate surface area is 120 Å². The largest absolute Gasteiger partial charge is 0.380 e. The summed E-state index contributed by atoms with van der Waals surface area (Å²) in [4.78, 5) is 0. The van der Waals surface area contributed by atoms with Crippen molar-refractivity contribution < 1.29 is 4.74 Å². The first-order chi connectivity index (χ1) is 9.75. The second kappa shape index (κ2) is 7.82. The van der Waals surface area contributed by atoms with Crippen LogP contribution < -0.4 is 5.32 Å². The monoisotopic (exact) mass is 273 g/mol. The maximum Gasteiger partial charge on any atom is 0.0645 e. The summed E-state index contributed by atoms with van der Waals surface area (Å²) in [6.45, 7) is 7.58. The van der Waals surface area contributed by atoms with Crippen LogP contribution in [-0.2, 0) is 11.3 Å². The Bertz CT molecular complexity index is 493. The van der Waals surface area contributed by atoms with Crippen LogP contribution in [0, 0.1) is 5.92 Å². The predicted octanol–water partition coefficient (Wildman–Crippen LogP) is 2.63. The van der Waals surface area contributed by atoms with Crippen molar-refractivity contribution >= 4 is 0 Å². The van der Waals surface area contributed by atoms with Crippen LogP contribution in [0.5, 0.6) is 0 Å². The quantitative estimate of drug-likeness (QED) is 0.752. The van der Waals surface area contributed by atoms with E-state index in [2.05, 4.69) is 30.5 Å². The smallest absolute Gasteiger partial charge is 0.0645 e. The van der Waals surface area contributed by atoms with Crippen molar-refractivity contribution in [1.82, 2.24) is 15.1 Å². The van der Waals surface area contributed by atoms with E-state index < -0.39 is 0 Å². The molecule has 0 radical (unpaired) electrons. The Morgan fingerprint density at radius 2 is 2.05 bits per heavy atom. The van der Waals surface area contributed by atoms with Gasteiger partial charge in [-0.3, -0.25) is 0 Å². The molecule has 1 N–H and O–H groups in total. The molecule has 4 nitrogen and oxygen atoms in total. The number of ether oxygens (including phenoxy) is 1. The third kappa shape index (κ3) is 4.79. The molecule has 1 aromatic carbocycles. The molecular weight excluding hydrogens is 250 g/mol. The summed E-state index contributed by atoms with van der Waals surface area (Å²) in [5.41, 5.74) is 2.26. The van der Waals surface area contributed by atoms with Crippen molar-refractivity contribution in [3.8, 4) is 5.69 Å². The second-order valence-corrected chi connectivity index (χ2v) is 5.27. The zero-order valence-electron chi connectivity index (χ0n) is 12.2. The fraction of sp³-hybridized carbons (Fsp3) is 0.438. The van der Waals surface area contributed by atoms with Crippen LogP contribution >= 0.6 is 0 Å². The van der Waals surface area contributed by atoms with Crippen LogP contribution in [0.2, 0.25) is 0 Å². The molecule has 0 saturated carbocycles. The summed E-state index contributed by atoms with van der Waals surface area (Å²) in [6, 6.07) is 10.1. The average Bonchev–Trinajstić information content (AvgIpc) is 2.92. The topological polar surface area (TPSA) is 39.1 Å². The van der Waals surface area contributed by atoms with E-state index >= 15 is 0 Å². The van der Waals surface area contributed by atoms with Gasteiger partial charge in [0.15, 0.2) is 0 Å². The van der Waals surface area contributed by atoms with Gasteiger partial charge in [-0.15, -0.1) is 0 Å². The summed E-state index contributed by atoms with van der Waals surface area (Å²) >= 11 is 0. The summed E-state index contributed by atoms with van der Waals surface area (Å²) in [6.07, 6.45) is 3.95. The minimum absolute atomic E-state index is 0.596. The van der Waals surface area contributed by atoms with Crippen LogP contribution in [0.25, 0.3) is 5.69 Å². The molecule has 108 valence electrons. The third-order valence-electron chi connectivity index (χ3n) is 2.86. The van der Waals surface area contributed by atoms with Crippen LogP contribution in [0.3, 0.4) is 0 Å². The SMILES string of the molecule is CC(C)COCCNCc1cnn(-c2ccccc2)c1. The molecule has 0 bridgehead atoms. The molecule has 0 spiro atoms. The van der Waals surface area contributed by atoms with Crippen molar-refractivity contribution in [3.63, 3.8) is 0 Å². The molecule has 1 aromatic heterocycles. The fourth-order valence-corrected chi connectivity index (χ4v) is 1.87. The molecule has 0 atom stereocenters. The van der Waals surface area contributed by atoms with E-state index in [4.69, 9.17) is 4.74 Å². The van der Waals surface area contributed by atoms with Crippen LogP contribution in [-0.4, -0.2) is 29.5 Å². The minimum Gasteiger partial charge on any atom is -0.380 e. The highest BCUT2D eigenvalue weighted by Crippen LogP contribution is 2.07. The molecular formula is C16H23N3O. The van der Waals surface area contributed by atoms with Gasteiger partial charge in [-0.25, -0.2) is 4.68 Å². The van der Waals surface area contributed by atoms with Gasteiger partial charge in [-0.05, 0) is 18.1 Å². The average molecular weight is 273 g/mol. The van der Waals surface area contributed by atoms with Crippen molar-refractivity contribution in [3.05, 3.63) is 48.3 Å².